The van der Waals surface area contributed by atoms with E-state index >= 15 is 0 Å². The van der Waals surface area contributed by atoms with Crippen LogP contribution in [0.4, 0.5) is 0 Å². The number of allylic oxidation sites excluding steroid dienone is 1. The third kappa shape index (κ3) is 2.19. The molecule has 0 aromatic carbocycles. The molecular weight excluding hydrogens is 132 g/mol. The van der Waals surface area contributed by atoms with E-state index in [1.165, 1.54) is 0 Å². The van der Waals surface area contributed by atoms with Gasteiger partial charge in [-0.1, -0.05) is 12.5 Å². The van der Waals surface area contributed by atoms with Crippen LogP contribution in [0.2, 0.25) is 0 Å². The molecule has 0 atom stereocenters. The van der Waals surface area contributed by atoms with Gasteiger partial charge in [0.15, 0.2) is 0 Å². The molecular formula is C7H12O3. The molecule has 0 aliphatic rings. The molecule has 0 radical (unpaired) electrons. The largest absolute Gasteiger partial charge is 0.478 e. The summed E-state index contributed by atoms with van der Waals surface area (Å²) in [5.41, 5.74) is 0.845. The first-order valence-corrected chi connectivity index (χ1v) is 3.16. The molecule has 0 bridgehead atoms. The summed E-state index contributed by atoms with van der Waals surface area (Å²) in [5.74, 6) is -1.03. The maximum Gasteiger partial charge on any atom is 0.333 e. The van der Waals surface area contributed by atoms with E-state index < -0.39 is 5.97 Å². The van der Waals surface area contributed by atoms with Crippen LogP contribution >= 0.6 is 0 Å². The van der Waals surface area contributed by atoms with Gasteiger partial charge in [-0.3, -0.25) is 0 Å². The lowest BCUT2D eigenvalue weighted by molar-refractivity contribution is -0.133. The van der Waals surface area contributed by atoms with E-state index in [9.17, 15) is 4.79 Å². The third-order valence-electron chi connectivity index (χ3n) is 1.46. The first kappa shape index (κ1) is 9.17. The van der Waals surface area contributed by atoms with Crippen molar-refractivity contribution in [3.8, 4) is 0 Å². The number of carboxylic acid groups (broad SMARTS) is 1. The van der Waals surface area contributed by atoms with Gasteiger partial charge in [0.2, 0.25) is 0 Å². The van der Waals surface area contributed by atoms with E-state index in [1.807, 2.05) is 6.92 Å². The van der Waals surface area contributed by atoms with Crippen molar-refractivity contribution >= 4 is 5.97 Å². The van der Waals surface area contributed by atoms with Crippen molar-refractivity contribution in [3.63, 3.8) is 0 Å². The highest BCUT2D eigenvalue weighted by Gasteiger charge is 2.07. The van der Waals surface area contributed by atoms with E-state index in [2.05, 4.69) is 0 Å². The molecule has 0 unspecified atom stereocenters. The van der Waals surface area contributed by atoms with Gasteiger partial charge in [-0.05, 0) is 13.3 Å². The molecule has 0 fully saturated rings. The molecule has 3 nitrogen and oxygen atoms in total. The Morgan fingerprint density at radius 1 is 1.50 bits per heavy atom. The fourth-order valence-corrected chi connectivity index (χ4v) is 0.599. The summed E-state index contributed by atoms with van der Waals surface area (Å²) in [7, 11) is 0. The van der Waals surface area contributed by atoms with Crippen molar-refractivity contribution in [2.45, 2.75) is 20.3 Å². The van der Waals surface area contributed by atoms with Crippen LogP contribution < -0.4 is 0 Å². The molecule has 2 N–H and O–H groups in total. The summed E-state index contributed by atoms with van der Waals surface area (Å²) in [5, 5.41) is 17.0. The second-order valence-electron chi connectivity index (χ2n) is 2.08. The number of aliphatic hydroxyl groups is 1. The standard InChI is InChI=1S/C7H12O3/c1-3-5(2)6(4-8)7(9)10/h8H,3-4H2,1-2H3,(H,9,10). The number of carboxylic acids is 1. The molecule has 0 saturated carbocycles. The Morgan fingerprint density at radius 3 is 2.10 bits per heavy atom. The fourth-order valence-electron chi connectivity index (χ4n) is 0.599. The maximum atomic E-state index is 10.3. The Labute approximate surface area is 60.0 Å². The van der Waals surface area contributed by atoms with Crippen molar-refractivity contribution in [2.75, 3.05) is 6.61 Å². The zero-order valence-corrected chi connectivity index (χ0v) is 6.22. The van der Waals surface area contributed by atoms with Gasteiger partial charge >= 0.3 is 5.97 Å². The van der Waals surface area contributed by atoms with Crippen molar-refractivity contribution < 1.29 is 15.0 Å². The van der Waals surface area contributed by atoms with Crippen molar-refractivity contribution in [3.05, 3.63) is 11.1 Å². The third-order valence-corrected chi connectivity index (χ3v) is 1.46. The van der Waals surface area contributed by atoms with Crippen LogP contribution in [0.1, 0.15) is 20.3 Å². The highest BCUT2D eigenvalue weighted by atomic mass is 16.4. The van der Waals surface area contributed by atoms with Gasteiger partial charge in [0.25, 0.3) is 0 Å². The molecule has 0 amide bonds. The van der Waals surface area contributed by atoms with Crippen molar-refractivity contribution in [1.29, 1.82) is 0 Å². The monoisotopic (exact) mass is 144 g/mol. The number of aliphatic hydroxyl groups excluding tert-OH is 1. The Kier molecular flexibility index (Phi) is 3.72. The normalized spacial score (nSPS) is 12.7. The summed E-state index contributed by atoms with van der Waals surface area (Å²) in [4.78, 5) is 10.3. The lowest BCUT2D eigenvalue weighted by Gasteiger charge is -2.00. The predicted molar refractivity (Wildman–Crippen MR) is 37.7 cm³/mol. The molecule has 0 aromatic rings. The summed E-state index contributed by atoms with van der Waals surface area (Å²) in [6.07, 6.45) is 0.669. The second kappa shape index (κ2) is 4.06. The number of hydrogen-bond acceptors (Lipinski definition) is 2. The zero-order valence-electron chi connectivity index (χ0n) is 6.22. The number of rotatable bonds is 3. The van der Waals surface area contributed by atoms with Gasteiger partial charge in [0.05, 0.1) is 12.2 Å². The molecule has 10 heavy (non-hydrogen) atoms. The van der Waals surface area contributed by atoms with E-state index in [4.69, 9.17) is 10.2 Å². The van der Waals surface area contributed by atoms with Gasteiger partial charge in [-0.2, -0.15) is 0 Å². The van der Waals surface area contributed by atoms with E-state index in [0.717, 1.165) is 5.57 Å². The van der Waals surface area contributed by atoms with Crippen LogP contribution in [0.5, 0.6) is 0 Å². The minimum Gasteiger partial charge on any atom is -0.478 e. The smallest absolute Gasteiger partial charge is 0.333 e. The number of hydrogen-bond donors (Lipinski definition) is 2. The maximum absolute atomic E-state index is 10.3. The molecule has 0 heterocycles. The molecule has 0 aromatic heterocycles. The lowest BCUT2D eigenvalue weighted by Crippen LogP contribution is -2.07. The molecule has 0 aliphatic carbocycles. The topological polar surface area (TPSA) is 57.5 Å². The quantitative estimate of drug-likeness (QED) is 0.576. The average molecular weight is 144 g/mol. The molecule has 0 saturated heterocycles. The van der Waals surface area contributed by atoms with E-state index in [1.54, 1.807) is 6.92 Å². The average Bonchev–Trinajstić information content (AvgIpc) is 1.88. The van der Waals surface area contributed by atoms with Crippen LogP contribution in [0.25, 0.3) is 0 Å². The Bertz CT molecular complexity index is 158. The summed E-state index contributed by atoms with van der Waals surface area (Å²) in [6, 6.07) is 0. The molecule has 0 rings (SSSR count). The van der Waals surface area contributed by atoms with Gasteiger partial charge in [0.1, 0.15) is 0 Å². The minimum absolute atomic E-state index is 0.113. The van der Waals surface area contributed by atoms with Gasteiger partial charge in [-0.25, -0.2) is 4.79 Å². The highest BCUT2D eigenvalue weighted by Crippen LogP contribution is 2.06. The van der Waals surface area contributed by atoms with Crippen LogP contribution in [-0.4, -0.2) is 22.8 Å². The first-order valence-electron chi connectivity index (χ1n) is 3.16. The number of carbonyl (C=O) groups is 1. The summed E-state index contributed by atoms with van der Waals surface area (Å²) >= 11 is 0. The van der Waals surface area contributed by atoms with Crippen LogP contribution in [-0.2, 0) is 4.79 Å². The lowest BCUT2D eigenvalue weighted by atomic mass is 10.1. The minimum atomic E-state index is -1.03. The van der Waals surface area contributed by atoms with Crippen LogP contribution in [0, 0.1) is 0 Å². The van der Waals surface area contributed by atoms with E-state index in [-0.39, 0.29) is 12.2 Å². The van der Waals surface area contributed by atoms with Crippen LogP contribution in [0.15, 0.2) is 11.1 Å². The SMILES string of the molecule is CCC(C)=C(CO)C(=O)O. The predicted octanol–water partition coefficient (Wildman–Crippen LogP) is 0.790. The fraction of sp³-hybridized carbons (Fsp3) is 0.571. The second-order valence-corrected chi connectivity index (χ2v) is 2.08. The first-order chi connectivity index (χ1) is 4.63. The van der Waals surface area contributed by atoms with Crippen molar-refractivity contribution in [1.82, 2.24) is 0 Å². The van der Waals surface area contributed by atoms with Gasteiger partial charge < -0.3 is 10.2 Å². The summed E-state index contributed by atoms with van der Waals surface area (Å²) in [6.45, 7) is 3.18. The molecule has 0 spiro atoms. The molecule has 3 heteroatoms. The van der Waals surface area contributed by atoms with Crippen LogP contribution in [0.3, 0.4) is 0 Å². The molecule has 58 valence electrons. The Balaban J connectivity index is 4.45. The van der Waals surface area contributed by atoms with E-state index in [0.29, 0.717) is 6.42 Å². The summed E-state index contributed by atoms with van der Waals surface area (Å²) < 4.78 is 0. The van der Waals surface area contributed by atoms with Crippen molar-refractivity contribution in [2.24, 2.45) is 0 Å². The zero-order chi connectivity index (χ0) is 8.15. The van der Waals surface area contributed by atoms with Gasteiger partial charge in [-0.15, -0.1) is 0 Å². The molecule has 0 aliphatic heterocycles. The highest BCUT2D eigenvalue weighted by molar-refractivity contribution is 5.87. The number of aliphatic carboxylic acids is 1. The Morgan fingerprint density at radius 2 is 2.00 bits per heavy atom. The van der Waals surface area contributed by atoms with Gasteiger partial charge in [0, 0.05) is 0 Å². The Hall–Kier alpha value is -0.830.